The molecule has 3 aliphatic heterocycles. The van der Waals surface area contributed by atoms with Crippen molar-refractivity contribution in [2.75, 3.05) is 44.2 Å². The average molecular weight is 1010 g/mol. The van der Waals surface area contributed by atoms with Gasteiger partial charge in [-0.2, -0.15) is 18.4 Å². The van der Waals surface area contributed by atoms with Gasteiger partial charge in [-0.25, -0.2) is 0 Å². The molecule has 72 heavy (non-hydrogen) atoms. The largest absolute Gasteiger partial charge is 0.489 e. The highest BCUT2D eigenvalue weighted by molar-refractivity contribution is 6.30. The summed E-state index contributed by atoms with van der Waals surface area (Å²) in [6.45, 7) is 16.1. The first-order chi connectivity index (χ1) is 34.1. The number of carbonyl (C=O) groups excluding carboxylic acids is 4. The smallest absolute Gasteiger partial charge is 0.417 e. The number of nitrogens with zero attached hydrogens (tertiary/aromatic N) is 5. The number of halogens is 4. The zero-order valence-corrected chi connectivity index (χ0v) is 42.3. The molecule has 3 N–H and O–H groups in total. The van der Waals surface area contributed by atoms with Gasteiger partial charge in [0.1, 0.15) is 23.9 Å². The van der Waals surface area contributed by atoms with Crippen molar-refractivity contribution >= 4 is 40.9 Å². The number of alkyl halides is 3. The van der Waals surface area contributed by atoms with Crippen molar-refractivity contribution < 1.29 is 42.2 Å². The molecule has 1 aliphatic carbocycles. The van der Waals surface area contributed by atoms with Crippen molar-refractivity contribution in [2.45, 2.75) is 110 Å². The summed E-state index contributed by atoms with van der Waals surface area (Å²) < 4.78 is 47.0. The van der Waals surface area contributed by atoms with Crippen LogP contribution in [0.1, 0.15) is 103 Å². The lowest BCUT2D eigenvalue weighted by Crippen LogP contribution is -2.74. The van der Waals surface area contributed by atoms with Gasteiger partial charge in [0.05, 0.1) is 23.3 Å². The average Bonchev–Trinajstić information content (AvgIpc) is 3.90. The van der Waals surface area contributed by atoms with Crippen LogP contribution in [0.25, 0.3) is 0 Å². The number of carbonyl (C=O) groups is 4. The highest BCUT2D eigenvalue weighted by Gasteiger charge is 2.64. The van der Waals surface area contributed by atoms with Crippen molar-refractivity contribution in [3.63, 3.8) is 0 Å². The number of hydrogen-bond acceptors (Lipinski definition) is 9. The summed E-state index contributed by atoms with van der Waals surface area (Å²) >= 11 is 6.01. The number of aryl methyl sites for hydroxylation is 1. The highest BCUT2D eigenvalue weighted by atomic mass is 35.5. The van der Waals surface area contributed by atoms with E-state index in [4.69, 9.17) is 16.3 Å². The number of piperazine rings is 1. The molecule has 3 atom stereocenters. The van der Waals surface area contributed by atoms with Gasteiger partial charge in [0.15, 0.2) is 0 Å². The Morgan fingerprint density at radius 2 is 1.58 bits per heavy atom. The van der Waals surface area contributed by atoms with Gasteiger partial charge in [0.2, 0.25) is 11.8 Å². The van der Waals surface area contributed by atoms with Gasteiger partial charge in [0, 0.05) is 90.9 Å². The van der Waals surface area contributed by atoms with E-state index in [0.29, 0.717) is 16.1 Å². The SMILES string of the molecule is CC(C)[C@H](C(=O)N1C[C@H](O)C[C@H]1C(=O)NCc1ccc(Cl)cc1)N1Cc2ccc(N3CCN(CCCc4ccc(C(=O)NC5C(C)(C)C(Oc6ccc(C#N)c(C(F)(F)F)c6)C5(C)C)cc4)CC3)cc2C1=O. The molecule has 4 aromatic rings. The van der Waals surface area contributed by atoms with Crippen molar-refractivity contribution in [3.8, 4) is 11.8 Å². The maximum atomic E-state index is 14.3. The fraction of sp³-hybridized carbons (Fsp3) is 0.473. The third-order valence-corrected chi connectivity index (χ3v) is 15.3. The Morgan fingerprint density at radius 1 is 0.917 bits per heavy atom. The molecule has 3 heterocycles. The Hall–Kier alpha value is -6.15. The van der Waals surface area contributed by atoms with Gasteiger partial charge < -0.3 is 35.2 Å². The molecule has 1 saturated carbocycles. The van der Waals surface area contributed by atoms with Crippen LogP contribution in [0.5, 0.6) is 5.75 Å². The lowest BCUT2D eigenvalue weighted by molar-refractivity contribution is -0.164. The minimum Gasteiger partial charge on any atom is -0.489 e. The number of aliphatic hydroxyl groups is 1. The van der Waals surface area contributed by atoms with E-state index in [1.807, 2.05) is 96.1 Å². The second-order valence-electron chi connectivity index (χ2n) is 21.2. The van der Waals surface area contributed by atoms with Crippen molar-refractivity contribution in [1.82, 2.24) is 25.3 Å². The van der Waals surface area contributed by atoms with Gasteiger partial charge in [-0.3, -0.25) is 24.1 Å². The summed E-state index contributed by atoms with van der Waals surface area (Å²) in [5.74, 6) is -1.43. The lowest BCUT2D eigenvalue weighted by atomic mass is 9.49. The van der Waals surface area contributed by atoms with Crippen molar-refractivity contribution in [3.05, 3.63) is 129 Å². The molecular formula is C55H63ClF3N7O6. The molecule has 2 saturated heterocycles. The Morgan fingerprint density at radius 3 is 2.22 bits per heavy atom. The highest BCUT2D eigenvalue weighted by Crippen LogP contribution is 2.56. The number of fused-ring (bicyclic) bond motifs is 1. The monoisotopic (exact) mass is 1010 g/mol. The van der Waals surface area contributed by atoms with E-state index in [-0.39, 0.29) is 67.4 Å². The first-order valence-corrected chi connectivity index (χ1v) is 25.0. The number of nitriles is 1. The van der Waals surface area contributed by atoms with E-state index in [0.717, 1.165) is 80.1 Å². The number of aliphatic hydroxyl groups excluding tert-OH is 1. The topological polar surface area (TPSA) is 159 Å². The van der Waals surface area contributed by atoms with Gasteiger partial charge in [0.25, 0.3) is 11.8 Å². The summed E-state index contributed by atoms with van der Waals surface area (Å²) in [6, 6.07) is 23.5. The van der Waals surface area contributed by atoms with Crippen molar-refractivity contribution in [1.29, 1.82) is 5.26 Å². The van der Waals surface area contributed by atoms with Crippen LogP contribution < -0.4 is 20.3 Å². The zero-order valence-electron chi connectivity index (χ0n) is 41.6. The van der Waals surface area contributed by atoms with Crippen LogP contribution in [0.15, 0.2) is 84.9 Å². The number of β-amino-alcohol motifs (C(OH)–C–C–N with tert-alkyl or cyclic N) is 1. The van der Waals surface area contributed by atoms with Crippen LogP contribution in [0.3, 0.4) is 0 Å². The normalized spacial score (nSPS) is 22.0. The van der Waals surface area contributed by atoms with E-state index in [9.17, 15) is 42.7 Å². The molecule has 0 bridgehead atoms. The molecular weight excluding hydrogens is 947 g/mol. The maximum absolute atomic E-state index is 14.3. The maximum Gasteiger partial charge on any atom is 0.417 e. The molecule has 0 radical (unpaired) electrons. The fourth-order valence-electron chi connectivity index (χ4n) is 11.5. The number of nitrogens with one attached hydrogen (secondary N) is 2. The molecule has 382 valence electrons. The van der Waals surface area contributed by atoms with Crippen molar-refractivity contribution in [2.24, 2.45) is 16.7 Å². The second-order valence-corrected chi connectivity index (χ2v) is 21.6. The number of ether oxygens (including phenoxy) is 1. The summed E-state index contributed by atoms with van der Waals surface area (Å²) in [4.78, 5) is 63.1. The molecule has 0 spiro atoms. The molecule has 17 heteroatoms. The van der Waals surface area contributed by atoms with E-state index in [1.165, 1.54) is 11.0 Å². The number of rotatable bonds is 15. The minimum absolute atomic E-state index is 0.00840. The predicted molar refractivity (Wildman–Crippen MR) is 267 cm³/mol. The molecule has 0 aromatic heterocycles. The molecule has 4 aliphatic rings. The standard InChI is InChI=1S/C55H63ClF3N7O6/c1-33(2)46(50(71)65-32-41(67)27-45(65)48(69)61-30-35-11-17-39(56)18-12-35)66-31-38-15-19-40(26-43(38)49(66)70)64-24-22-63(23-25-64)21-7-8-34-9-13-36(14-10-34)47(68)62-51-53(3,4)52(54(51,5)6)72-42-20-16-37(29-60)44(28-42)55(57,58)59/h9-20,26,28,33,41,45-46,51-52,67H,7-8,21-25,27,30-32H2,1-6H3,(H,61,69)(H,62,68)/t41-,45+,46-,51?,52?/m1/s1. The third-order valence-electron chi connectivity index (χ3n) is 15.1. The molecule has 13 nitrogen and oxygen atoms in total. The summed E-state index contributed by atoms with van der Waals surface area (Å²) in [7, 11) is 0. The van der Waals surface area contributed by atoms with Crippen LogP contribution in [0.2, 0.25) is 5.02 Å². The van der Waals surface area contributed by atoms with Gasteiger partial charge in [-0.1, -0.05) is 83.5 Å². The number of amides is 4. The van der Waals surface area contributed by atoms with Crippen LogP contribution in [-0.4, -0.2) is 113 Å². The quantitative estimate of drug-likeness (QED) is 0.108. The fourth-order valence-corrected chi connectivity index (χ4v) is 11.7. The minimum atomic E-state index is -4.70. The zero-order chi connectivity index (χ0) is 51.9. The lowest BCUT2D eigenvalue weighted by Gasteiger charge is -2.63. The van der Waals surface area contributed by atoms with Gasteiger partial charge in [-0.15, -0.1) is 0 Å². The van der Waals surface area contributed by atoms with Crippen LogP contribution in [-0.2, 0) is 35.3 Å². The number of hydrogen-bond donors (Lipinski definition) is 3. The molecule has 8 rings (SSSR count). The molecule has 4 aromatic carbocycles. The Kier molecular flexibility index (Phi) is 15.0. The Bertz CT molecular complexity index is 2700. The van der Waals surface area contributed by atoms with E-state index in [1.54, 1.807) is 23.1 Å². The second kappa shape index (κ2) is 20.8. The first-order valence-electron chi connectivity index (χ1n) is 24.7. The predicted octanol–water partition coefficient (Wildman–Crippen LogP) is 7.86. The van der Waals surface area contributed by atoms with E-state index in [2.05, 4.69) is 20.4 Å². The summed E-state index contributed by atoms with van der Waals surface area (Å²) in [5.41, 5.74) is 2.07. The molecule has 3 fully saturated rings. The Labute approximate surface area is 424 Å². The summed E-state index contributed by atoms with van der Waals surface area (Å²) in [6.07, 6.45) is -4.22. The van der Waals surface area contributed by atoms with E-state index >= 15 is 0 Å². The molecule has 4 amide bonds. The van der Waals surface area contributed by atoms with Crippen LogP contribution >= 0.6 is 11.6 Å². The number of anilines is 1. The van der Waals surface area contributed by atoms with Gasteiger partial charge >= 0.3 is 6.18 Å². The van der Waals surface area contributed by atoms with Crippen LogP contribution in [0.4, 0.5) is 18.9 Å². The summed E-state index contributed by atoms with van der Waals surface area (Å²) in [5, 5.41) is 26.5. The van der Waals surface area contributed by atoms with Crippen LogP contribution in [0, 0.1) is 28.1 Å². The third kappa shape index (κ3) is 10.8. The van der Waals surface area contributed by atoms with E-state index < -0.39 is 52.4 Å². The first kappa shape index (κ1) is 52.2. The number of benzene rings is 4. The molecule has 0 unspecified atom stereocenters. The van der Waals surface area contributed by atoms with Gasteiger partial charge in [-0.05, 0) is 96.6 Å². The Balaban J connectivity index is 0.795. The number of likely N-dealkylation sites (tertiary alicyclic amines) is 1.